The summed E-state index contributed by atoms with van der Waals surface area (Å²) in [6, 6.07) is 0. The number of hydrogen-bond donors (Lipinski definition) is 2. The van der Waals surface area contributed by atoms with Crippen molar-refractivity contribution in [1.29, 1.82) is 0 Å². The smallest absolute Gasteiger partial charge is 0.410 e. The molecule has 1 heterocycles. The molecule has 0 aromatic heterocycles. The molecule has 0 radical (unpaired) electrons. The highest BCUT2D eigenvalue weighted by Gasteiger charge is 2.27. The first kappa shape index (κ1) is 21.3. The van der Waals surface area contributed by atoms with E-state index < -0.39 is 5.60 Å². The van der Waals surface area contributed by atoms with E-state index in [2.05, 4.69) is 10.6 Å². The molecule has 1 rings (SSSR count). The van der Waals surface area contributed by atoms with Crippen LogP contribution < -0.4 is 10.6 Å². The van der Waals surface area contributed by atoms with E-state index >= 15 is 0 Å². The zero-order chi connectivity index (χ0) is 19.3. The third-order valence-electron chi connectivity index (χ3n) is 3.70. The molecule has 0 atom stereocenters. The van der Waals surface area contributed by atoms with Gasteiger partial charge in [-0.05, 0) is 60.3 Å². The Kier molecular flexibility index (Phi) is 7.26. The van der Waals surface area contributed by atoms with Gasteiger partial charge in [0.25, 0.3) is 0 Å². The molecule has 0 saturated carbocycles. The summed E-state index contributed by atoms with van der Waals surface area (Å²) in [7, 11) is 0. The Balaban J connectivity index is 2.28. The number of hydrogen-bond acceptors (Lipinski definition) is 4. The molecule has 0 unspecified atom stereocenters. The minimum absolute atomic E-state index is 0.00709. The average molecular weight is 355 g/mol. The number of nitrogens with zero attached hydrogens (tertiary/aromatic N) is 1. The Labute approximate surface area is 150 Å². The standard InChI is InChI=1S/C18H33N3O4/c1-17(2,3)20-15(23)12-19-14(22)11-13-7-9-21(10-8-13)16(24)25-18(4,5)6/h13H,7-12H2,1-6H3,(H,19,22)(H,20,23). The quantitative estimate of drug-likeness (QED) is 0.808. The maximum absolute atomic E-state index is 12.0. The zero-order valence-electron chi connectivity index (χ0n) is 16.4. The van der Waals surface area contributed by atoms with Gasteiger partial charge in [0.05, 0.1) is 6.54 Å². The predicted octanol–water partition coefficient (Wildman–Crippen LogP) is 2.05. The lowest BCUT2D eigenvalue weighted by atomic mass is 9.93. The van der Waals surface area contributed by atoms with Crippen molar-refractivity contribution in [3.8, 4) is 0 Å². The van der Waals surface area contributed by atoms with Gasteiger partial charge in [-0.2, -0.15) is 0 Å². The summed E-state index contributed by atoms with van der Waals surface area (Å²) in [4.78, 5) is 37.4. The molecule has 0 bridgehead atoms. The van der Waals surface area contributed by atoms with E-state index in [9.17, 15) is 14.4 Å². The number of rotatable bonds is 4. The summed E-state index contributed by atoms with van der Waals surface area (Å²) in [5.74, 6) is -0.0928. The van der Waals surface area contributed by atoms with Crippen LogP contribution in [0.3, 0.4) is 0 Å². The van der Waals surface area contributed by atoms with E-state index in [0.29, 0.717) is 19.5 Å². The third kappa shape index (κ3) is 9.31. The van der Waals surface area contributed by atoms with Crippen molar-refractivity contribution in [1.82, 2.24) is 15.5 Å². The first-order chi connectivity index (χ1) is 11.4. The van der Waals surface area contributed by atoms with E-state index in [4.69, 9.17) is 4.74 Å². The minimum Gasteiger partial charge on any atom is -0.444 e. The van der Waals surface area contributed by atoms with Gasteiger partial charge in [0, 0.05) is 25.0 Å². The van der Waals surface area contributed by atoms with Crippen molar-refractivity contribution in [2.24, 2.45) is 5.92 Å². The molecule has 2 N–H and O–H groups in total. The number of carbonyl (C=O) groups excluding carboxylic acids is 3. The zero-order valence-corrected chi connectivity index (χ0v) is 16.4. The van der Waals surface area contributed by atoms with Crippen molar-refractivity contribution in [3.05, 3.63) is 0 Å². The van der Waals surface area contributed by atoms with Crippen LogP contribution in [0.4, 0.5) is 4.79 Å². The van der Waals surface area contributed by atoms with Gasteiger partial charge < -0.3 is 20.3 Å². The number of likely N-dealkylation sites (tertiary alicyclic amines) is 1. The van der Waals surface area contributed by atoms with Crippen LogP contribution in [0.15, 0.2) is 0 Å². The SMILES string of the molecule is CC(C)(C)NC(=O)CNC(=O)CC1CCN(C(=O)OC(C)(C)C)CC1. The summed E-state index contributed by atoms with van der Waals surface area (Å²) >= 11 is 0. The van der Waals surface area contributed by atoms with Crippen LogP contribution in [0, 0.1) is 5.92 Å². The molecule has 1 aliphatic heterocycles. The molecule has 25 heavy (non-hydrogen) atoms. The van der Waals surface area contributed by atoms with Crippen LogP contribution in [-0.4, -0.2) is 53.6 Å². The molecule has 3 amide bonds. The van der Waals surface area contributed by atoms with Gasteiger partial charge in [-0.1, -0.05) is 0 Å². The van der Waals surface area contributed by atoms with Crippen LogP contribution in [0.25, 0.3) is 0 Å². The minimum atomic E-state index is -0.499. The van der Waals surface area contributed by atoms with Gasteiger partial charge in [0.15, 0.2) is 0 Å². The van der Waals surface area contributed by atoms with E-state index in [1.807, 2.05) is 41.5 Å². The molecule has 1 fully saturated rings. The van der Waals surface area contributed by atoms with Gasteiger partial charge >= 0.3 is 6.09 Å². The van der Waals surface area contributed by atoms with Crippen LogP contribution >= 0.6 is 0 Å². The molecule has 1 aliphatic rings. The van der Waals surface area contributed by atoms with Gasteiger partial charge in [-0.25, -0.2) is 4.79 Å². The number of ether oxygens (including phenoxy) is 1. The summed E-state index contributed by atoms with van der Waals surface area (Å²) in [6.45, 7) is 12.4. The molecular formula is C18H33N3O4. The maximum atomic E-state index is 12.0. The lowest BCUT2D eigenvalue weighted by molar-refractivity contribution is -0.127. The van der Waals surface area contributed by atoms with Crippen molar-refractivity contribution in [3.63, 3.8) is 0 Å². The molecule has 7 heteroatoms. The summed E-state index contributed by atoms with van der Waals surface area (Å²) in [5.41, 5.74) is -0.808. The molecule has 7 nitrogen and oxygen atoms in total. The lowest BCUT2D eigenvalue weighted by Gasteiger charge is -2.33. The molecule has 0 aliphatic carbocycles. The maximum Gasteiger partial charge on any atom is 0.410 e. The van der Waals surface area contributed by atoms with Crippen molar-refractivity contribution < 1.29 is 19.1 Å². The first-order valence-corrected chi connectivity index (χ1v) is 8.91. The fourth-order valence-corrected chi connectivity index (χ4v) is 2.62. The second-order valence-corrected chi connectivity index (χ2v) is 8.69. The Hall–Kier alpha value is -1.79. The van der Waals surface area contributed by atoms with Crippen molar-refractivity contribution in [2.45, 2.75) is 71.9 Å². The molecule has 0 spiro atoms. The van der Waals surface area contributed by atoms with Gasteiger partial charge in [0.1, 0.15) is 5.60 Å². The van der Waals surface area contributed by atoms with Gasteiger partial charge in [0.2, 0.25) is 11.8 Å². The highest BCUT2D eigenvalue weighted by molar-refractivity contribution is 5.85. The van der Waals surface area contributed by atoms with Crippen LogP contribution in [-0.2, 0) is 14.3 Å². The van der Waals surface area contributed by atoms with E-state index in [1.165, 1.54) is 0 Å². The highest BCUT2D eigenvalue weighted by Crippen LogP contribution is 2.22. The molecule has 0 aromatic carbocycles. The van der Waals surface area contributed by atoms with E-state index in [-0.39, 0.29) is 35.9 Å². The second-order valence-electron chi connectivity index (χ2n) is 8.69. The van der Waals surface area contributed by atoms with Crippen LogP contribution in [0.5, 0.6) is 0 Å². The van der Waals surface area contributed by atoms with Crippen molar-refractivity contribution >= 4 is 17.9 Å². The lowest BCUT2D eigenvalue weighted by Crippen LogP contribution is -2.46. The van der Waals surface area contributed by atoms with Crippen LogP contribution in [0.2, 0.25) is 0 Å². The van der Waals surface area contributed by atoms with Crippen molar-refractivity contribution in [2.75, 3.05) is 19.6 Å². The Bertz CT molecular complexity index is 484. The average Bonchev–Trinajstić information content (AvgIpc) is 2.42. The van der Waals surface area contributed by atoms with Gasteiger partial charge in [-0.3, -0.25) is 9.59 Å². The molecule has 144 valence electrons. The summed E-state index contributed by atoms with van der Waals surface area (Å²) in [5, 5.41) is 5.46. The highest BCUT2D eigenvalue weighted by atomic mass is 16.6. The molecular weight excluding hydrogens is 322 g/mol. The number of nitrogens with one attached hydrogen (secondary N) is 2. The summed E-state index contributed by atoms with van der Waals surface area (Å²) in [6.07, 6.45) is 1.61. The topological polar surface area (TPSA) is 87.7 Å². The fourth-order valence-electron chi connectivity index (χ4n) is 2.62. The number of amides is 3. The monoisotopic (exact) mass is 355 g/mol. The Morgan fingerprint density at radius 1 is 1.00 bits per heavy atom. The third-order valence-corrected chi connectivity index (χ3v) is 3.70. The van der Waals surface area contributed by atoms with Crippen LogP contribution in [0.1, 0.15) is 60.8 Å². The molecule has 0 aromatic rings. The number of carbonyl (C=O) groups is 3. The fraction of sp³-hybridized carbons (Fsp3) is 0.833. The Morgan fingerprint density at radius 3 is 2.04 bits per heavy atom. The molecule has 1 saturated heterocycles. The van der Waals surface area contributed by atoms with E-state index in [1.54, 1.807) is 4.90 Å². The van der Waals surface area contributed by atoms with E-state index in [0.717, 1.165) is 12.8 Å². The largest absolute Gasteiger partial charge is 0.444 e. The summed E-state index contributed by atoms with van der Waals surface area (Å²) < 4.78 is 5.36. The normalized spacial score (nSPS) is 16.3. The first-order valence-electron chi connectivity index (χ1n) is 8.91. The number of piperidine rings is 1. The second kappa shape index (κ2) is 8.54. The Morgan fingerprint density at radius 2 is 1.56 bits per heavy atom. The predicted molar refractivity (Wildman–Crippen MR) is 96.1 cm³/mol. The van der Waals surface area contributed by atoms with Gasteiger partial charge in [-0.15, -0.1) is 0 Å².